The smallest absolute Gasteiger partial charge is 0.330 e. The Morgan fingerprint density at radius 1 is 1.53 bits per heavy atom. The van der Waals surface area contributed by atoms with E-state index in [1.54, 1.807) is 6.92 Å². The highest BCUT2D eigenvalue weighted by molar-refractivity contribution is 5.06. The summed E-state index contributed by atoms with van der Waals surface area (Å²) in [6.07, 6.45) is 1.98. The number of H-pyrrole nitrogens is 1. The van der Waals surface area contributed by atoms with Crippen molar-refractivity contribution in [3.05, 3.63) is 32.6 Å². The monoisotopic (exact) mass is 238 g/mol. The Kier molecular flexibility index (Phi) is 2.24. The molecule has 0 radical (unpaired) electrons. The van der Waals surface area contributed by atoms with Crippen molar-refractivity contribution in [2.75, 3.05) is 6.61 Å². The molecule has 1 saturated heterocycles. The second-order valence-corrected chi connectivity index (χ2v) is 4.79. The fourth-order valence-corrected chi connectivity index (χ4v) is 2.60. The standard InChI is InChI=1S/C11H14N2O4/c1-5-3-13(11(16)12-9(5)15)10-7-2-6(7)8(4-14)17-10/h3,6-8,10,14H,2,4H2,1H3,(H,12,15,16)/t6-,7+,8-,10+/m0/s1. The topological polar surface area (TPSA) is 84.3 Å². The summed E-state index contributed by atoms with van der Waals surface area (Å²) in [6.45, 7) is 1.63. The minimum Gasteiger partial charge on any atom is -0.394 e. The van der Waals surface area contributed by atoms with Crippen molar-refractivity contribution < 1.29 is 9.84 Å². The van der Waals surface area contributed by atoms with E-state index >= 15 is 0 Å². The largest absolute Gasteiger partial charge is 0.394 e. The number of ether oxygens (including phenoxy) is 1. The van der Waals surface area contributed by atoms with Gasteiger partial charge in [-0.2, -0.15) is 0 Å². The van der Waals surface area contributed by atoms with Crippen LogP contribution in [-0.4, -0.2) is 27.4 Å². The van der Waals surface area contributed by atoms with E-state index in [0.29, 0.717) is 11.5 Å². The highest BCUT2D eigenvalue weighted by Gasteiger charge is 2.56. The lowest BCUT2D eigenvalue weighted by atomic mass is 10.2. The van der Waals surface area contributed by atoms with E-state index in [1.165, 1.54) is 10.8 Å². The maximum Gasteiger partial charge on any atom is 0.330 e. The van der Waals surface area contributed by atoms with Gasteiger partial charge in [-0.1, -0.05) is 0 Å². The Hall–Kier alpha value is -1.40. The van der Waals surface area contributed by atoms with Crippen molar-refractivity contribution >= 4 is 0 Å². The summed E-state index contributed by atoms with van der Waals surface area (Å²) in [6, 6.07) is 0. The number of hydrogen-bond acceptors (Lipinski definition) is 4. The number of aliphatic hydroxyl groups is 1. The number of aryl methyl sites for hydroxylation is 1. The summed E-state index contributed by atoms with van der Waals surface area (Å²) < 4.78 is 7.05. The molecular formula is C11H14N2O4. The Bertz CT molecular complexity index is 561. The Balaban J connectivity index is 1.98. The van der Waals surface area contributed by atoms with Crippen LogP contribution in [0.4, 0.5) is 0 Å². The molecule has 1 aliphatic carbocycles. The summed E-state index contributed by atoms with van der Waals surface area (Å²) in [7, 11) is 0. The molecule has 2 heterocycles. The first kappa shape index (κ1) is 10.7. The number of nitrogens with zero attached hydrogens (tertiary/aromatic N) is 1. The Morgan fingerprint density at radius 3 is 2.94 bits per heavy atom. The predicted molar refractivity (Wildman–Crippen MR) is 58.7 cm³/mol. The van der Waals surface area contributed by atoms with E-state index in [-0.39, 0.29) is 30.4 Å². The summed E-state index contributed by atoms with van der Waals surface area (Å²) in [5.74, 6) is 0.638. The van der Waals surface area contributed by atoms with E-state index < -0.39 is 5.69 Å². The molecule has 0 amide bonds. The quantitative estimate of drug-likeness (QED) is 0.718. The van der Waals surface area contributed by atoms with Gasteiger partial charge in [0.05, 0.1) is 12.7 Å². The first-order chi connectivity index (χ1) is 8.11. The molecule has 0 aromatic carbocycles. The number of aromatic amines is 1. The molecule has 0 bridgehead atoms. The van der Waals surface area contributed by atoms with Gasteiger partial charge < -0.3 is 9.84 Å². The third-order valence-corrected chi connectivity index (χ3v) is 3.65. The molecule has 3 rings (SSSR count). The zero-order valence-corrected chi connectivity index (χ0v) is 9.42. The van der Waals surface area contributed by atoms with E-state index in [4.69, 9.17) is 9.84 Å². The maximum atomic E-state index is 11.7. The number of rotatable bonds is 2. The lowest BCUT2D eigenvalue weighted by Gasteiger charge is -2.18. The molecule has 0 unspecified atom stereocenters. The highest BCUT2D eigenvalue weighted by Crippen LogP contribution is 2.56. The van der Waals surface area contributed by atoms with Gasteiger partial charge in [0.25, 0.3) is 5.56 Å². The van der Waals surface area contributed by atoms with Crippen LogP contribution in [0.2, 0.25) is 0 Å². The average molecular weight is 238 g/mol. The molecule has 2 N–H and O–H groups in total. The van der Waals surface area contributed by atoms with Gasteiger partial charge in [0, 0.05) is 17.7 Å². The van der Waals surface area contributed by atoms with Crippen LogP contribution in [0.5, 0.6) is 0 Å². The van der Waals surface area contributed by atoms with Crippen molar-refractivity contribution in [3.8, 4) is 0 Å². The summed E-state index contributed by atoms with van der Waals surface area (Å²) in [4.78, 5) is 25.2. The van der Waals surface area contributed by atoms with Gasteiger partial charge in [-0.3, -0.25) is 14.3 Å². The predicted octanol–water partition coefficient (Wildman–Crippen LogP) is -0.629. The molecular weight excluding hydrogens is 224 g/mol. The van der Waals surface area contributed by atoms with Crippen LogP contribution in [0.15, 0.2) is 15.8 Å². The lowest BCUT2D eigenvalue weighted by Crippen LogP contribution is -2.34. The van der Waals surface area contributed by atoms with Crippen molar-refractivity contribution in [1.82, 2.24) is 9.55 Å². The molecule has 1 aromatic rings. The van der Waals surface area contributed by atoms with Gasteiger partial charge in [-0.15, -0.1) is 0 Å². The van der Waals surface area contributed by atoms with Crippen molar-refractivity contribution in [3.63, 3.8) is 0 Å². The normalized spacial score (nSPS) is 34.7. The molecule has 1 saturated carbocycles. The van der Waals surface area contributed by atoms with E-state index in [9.17, 15) is 9.59 Å². The average Bonchev–Trinajstić information content (AvgIpc) is 3.00. The van der Waals surface area contributed by atoms with Crippen molar-refractivity contribution in [1.29, 1.82) is 0 Å². The summed E-state index contributed by atoms with van der Waals surface area (Å²) in [5.41, 5.74) is -0.331. The maximum absolute atomic E-state index is 11.7. The fraction of sp³-hybridized carbons (Fsp3) is 0.636. The van der Waals surface area contributed by atoms with Gasteiger partial charge in [0.1, 0.15) is 6.23 Å². The van der Waals surface area contributed by atoms with Gasteiger partial charge in [-0.25, -0.2) is 4.79 Å². The number of aromatic nitrogens is 2. The zero-order chi connectivity index (χ0) is 12.2. The van der Waals surface area contributed by atoms with Gasteiger partial charge in [-0.05, 0) is 19.3 Å². The first-order valence-corrected chi connectivity index (χ1v) is 5.70. The fourth-order valence-electron chi connectivity index (χ4n) is 2.60. The number of aliphatic hydroxyl groups excluding tert-OH is 1. The van der Waals surface area contributed by atoms with E-state index in [1.807, 2.05) is 0 Å². The van der Waals surface area contributed by atoms with Crippen molar-refractivity contribution in [2.24, 2.45) is 11.8 Å². The van der Waals surface area contributed by atoms with Crippen LogP contribution >= 0.6 is 0 Å². The Labute approximate surface area is 96.9 Å². The first-order valence-electron chi connectivity index (χ1n) is 5.70. The van der Waals surface area contributed by atoms with E-state index in [2.05, 4.69) is 4.98 Å². The molecule has 2 fully saturated rings. The molecule has 1 aromatic heterocycles. The number of fused-ring (bicyclic) bond motifs is 1. The minimum atomic E-state index is -0.449. The molecule has 1 aliphatic heterocycles. The molecule has 92 valence electrons. The van der Waals surface area contributed by atoms with Crippen LogP contribution in [0.3, 0.4) is 0 Å². The van der Waals surface area contributed by atoms with Crippen molar-refractivity contribution in [2.45, 2.75) is 25.7 Å². The molecule has 6 nitrogen and oxygen atoms in total. The van der Waals surface area contributed by atoms with Crippen LogP contribution < -0.4 is 11.2 Å². The number of nitrogens with one attached hydrogen (secondary N) is 1. The van der Waals surface area contributed by atoms with Gasteiger partial charge in [0.2, 0.25) is 0 Å². The lowest BCUT2D eigenvalue weighted by molar-refractivity contribution is -0.0517. The van der Waals surface area contributed by atoms with Gasteiger partial charge >= 0.3 is 5.69 Å². The third-order valence-electron chi connectivity index (χ3n) is 3.65. The van der Waals surface area contributed by atoms with Gasteiger partial charge in [0.15, 0.2) is 0 Å². The molecule has 0 spiro atoms. The van der Waals surface area contributed by atoms with E-state index in [0.717, 1.165) is 6.42 Å². The summed E-state index contributed by atoms with van der Waals surface area (Å²) in [5, 5.41) is 9.13. The third kappa shape index (κ3) is 1.56. The zero-order valence-electron chi connectivity index (χ0n) is 9.42. The molecule has 2 aliphatic rings. The highest BCUT2D eigenvalue weighted by atomic mass is 16.5. The minimum absolute atomic E-state index is 0.0191. The Morgan fingerprint density at radius 2 is 2.29 bits per heavy atom. The SMILES string of the molecule is Cc1cn([C@@H]2O[C@@H](CO)[C@H]3C[C@H]32)c(=O)[nH]c1=O. The van der Waals surface area contributed by atoms with Crippen LogP contribution in [-0.2, 0) is 4.74 Å². The van der Waals surface area contributed by atoms with Crippen LogP contribution in [0.1, 0.15) is 18.2 Å². The molecule has 4 atom stereocenters. The molecule has 17 heavy (non-hydrogen) atoms. The number of hydrogen-bond donors (Lipinski definition) is 2. The van der Waals surface area contributed by atoms with Crippen LogP contribution in [0.25, 0.3) is 0 Å². The second kappa shape index (κ2) is 3.54. The molecule has 6 heteroatoms. The second-order valence-electron chi connectivity index (χ2n) is 4.79. The van der Waals surface area contributed by atoms with Crippen LogP contribution in [0, 0.1) is 18.8 Å². The summed E-state index contributed by atoms with van der Waals surface area (Å²) >= 11 is 0.